The van der Waals surface area contributed by atoms with E-state index in [0.29, 0.717) is 17.9 Å². The number of carbonyl (C=O) groups is 1. The molecule has 0 spiro atoms. The van der Waals surface area contributed by atoms with E-state index in [0.717, 1.165) is 38.3 Å². The highest BCUT2D eigenvalue weighted by atomic mass is 16.6. The van der Waals surface area contributed by atoms with Gasteiger partial charge in [-0.2, -0.15) is 0 Å². The van der Waals surface area contributed by atoms with Crippen LogP contribution in [0.2, 0.25) is 0 Å². The molecule has 0 radical (unpaired) electrons. The maximum absolute atomic E-state index is 12.8. The van der Waals surface area contributed by atoms with Crippen molar-refractivity contribution in [2.24, 2.45) is 11.8 Å². The molecule has 1 aliphatic carbocycles. The Hall–Kier alpha value is -2.15. The van der Waals surface area contributed by atoms with Crippen molar-refractivity contribution in [2.75, 3.05) is 31.1 Å². The molecule has 0 aromatic heterocycles. The van der Waals surface area contributed by atoms with Crippen molar-refractivity contribution in [3.8, 4) is 0 Å². The van der Waals surface area contributed by atoms with E-state index in [2.05, 4.69) is 29.0 Å². The number of hydrogen-bond donors (Lipinski definition) is 1. The summed E-state index contributed by atoms with van der Waals surface area (Å²) in [4.78, 5) is 27.7. The van der Waals surface area contributed by atoms with E-state index in [1.165, 1.54) is 12.8 Å². The minimum absolute atomic E-state index is 0.110. The largest absolute Gasteiger partial charge is 0.369 e. The normalized spacial score (nSPS) is 27.2. The fraction of sp³-hybridized carbons (Fsp3) is 0.667. The topological polar surface area (TPSA) is 78.7 Å². The molecule has 154 valence electrons. The van der Waals surface area contributed by atoms with Gasteiger partial charge in [0.05, 0.1) is 11.0 Å². The molecule has 1 N–H and O–H groups in total. The molecule has 1 aliphatic heterocycles. The molecule has 1 heterocycles. The third kappa shape index (κ3) is 4.63. The summed E-state index contributed by atoms with van der Waals surface area (Å²) in [5, 5.41) is 14.1. The molecular weight excluding hydrogens is 356 g/mol. The van der Waals surface area contributed by atoms with E-state index >= 15 is 0 Å². The quantitative estimate of drug-likeness (QED) is 0.620. The van der Waals surface area contributed by atoms with E-state index in [-0.39, 0.29) is 22.6 Å². The number of nitro groups is 1. The monoisotopic (exact) mass is 388 g/mol. The summed E-state index contributed by atoms with van der Waals surface area (Å²) in [5.74, 6) is 1.33. The van der Waals surface area contributed by atoms with Crippen LogP contribution in [0.1, 0.15) is 40.0 Å². The van der Waals surface area contributed by atoms with Gasteiger partial charge in [-0.1, -0.05) is 26.7 Å². The molecular formula is C21H32N4O3. The van der Waals surface area contributed by atoms with Gasteiger partial charge in [0, 0.05) is 50.0 Å². The molecule has 0 unspecified atom stereocenters. The Labute approximate surface area is 167 Å². The van der Waals surface area contributed by atoms with Crippen LogP contribution >= 0.6 is 0 Å². The molecule has 28 heavy (non-hydrogen) atoms. The number of nitro benzene ring substituents is 1. The second-order valence-electron chi connectivity index (χ2n) is 8.35. The molecule has 1 saturated heterocycles. The predicted molar refractivity (Wildman–Crippen MR) is 110 cm³/mol. The number of nitrogens with zero attached hydrogens (tertiary/aromatic N) is 3. The van der Waals surface area contributed by atoms with Gasteiger partial charge in [0.25, 0.3) is 5.69 Å². The molecule has 4 atom stereocenters. The number of hydrogen-bond acceptors (Lipinski definition) is 5. The lowest BCUT2D eigenvalue weighted by molar-refractivity contribution is -0.384. The highest BCUT2D eigenvalue weighted by Gasteiger charge is 2.31. The number of amides is 1. The zero-order valence-corrected chi connectivity index (χ0v) is 17.1. The van der Waals surface area contributed by atoms with Gasteiger partial charge in [-0.15, -0.1) is 0 Å². The zero-order chi connectivity index (χ0) is 20.3. The molecule has 3 rings (SSSR count). The highest BCUT2D eigenvalue weighted by Crippen LogP contribution is 2.29. The van der Waals surface area contributed by atoms with E-state index in [4.69, 9.17) is 0 Å². The van der Waals surface area contributed by atoms with Crippen LogP contribution in [0.3, 0.4) is 0 Å². The first-order valence-electron chi connectivity index (χ1n) is 10.4. The second kappa shape index (κ2) is 8.90. The summed E-state index contributed by atoms with van der Waals surface area (Å²) in [7, 11) is 0. The van der Waals surface area contributed by atoms with Gasteiger partial charge in [-0.05, 0) is 37.3 Å². The molecule has 7 nitrogen and oxygen atoms in total. The fourth-order valence-electron chi connectivity index (χ4n) is 4.41. The van der Waals surface area contributed by atoms with E-state index in [1.54, 1.807) is 24.3 Å². The second-order valence-corrected chi connectivity index (χ2v) is 8.35. The molecule has 2 fully saturated rings. The van der Waals surface area contributed by atoms with Crippen LogP contribution in [0.15, 0.2) is 24.3 Å². The third-order valence-electron chi connectivity index (χ3n) is 6.70. The first-order valence-corrected chi connectivity index (χ1v) is 10.4. The number of anilines is 1. The van der Waals surface area contributed by atoms with Crippen molar-refractivity contribution in [1.29, 1.82) is 0 Å². The lowest BCUT2D eigenvalue weighted by atomic mass is 9.78. The van der Waals surface area contributed by atoms with Gasteiger partial charge in [0.1, 0.15) is 0 Å². The molecule has 1 aromatic carbocycles. The Morgan fingerprint density at radius 2 is 1.79 bits per heavy atom. The van der Waals surface area contributed by atoms with Crippen molar-refractivity contribution < 1.29 is 9.72 Å². The van der Waals surface area contributed by atoms with Crippen LogP contribution in [0.5, 0.6) is 0 Å². The number of non-ortho nitro benzene ring substituents is 1. The highest BCUT2D eigenvalue weighted by molar-refractivity contribution is 5.81. The Kier molecular flexibility index (Phi) is 6.54. The first kappa shape index (κ1) is 20.6. The van der Waals surface area contributed by atoms with Gasteiger partial charge in [-0.25, -0.2) is 0 Å². The molecule has 1 aromatic rings. The van der Waals surface area contributed by atoms with Crippen molar-refractivity contribution in [3.63, 3.8) is 0 Å². The molecule has 1 amide bonds. The maximum atomic E-state index is 12.8. The Bertz CT molecular complexity index is 685. The lowest BCUT2D eigenvalue weighted by Gasteiger charge is -2.40. The molecule has 2 aliphatic rings. The average molecular weight is 389 g/mol. The van der Waals surface area contributed by atoms with Gasteiger partial charge in [0.15, 0.2) is 0 Å². The van der Waals surface area contributed by atoms with Crippen molar-refractivity contribution in [1.82, 2.24) is 10.2 Å². The van der Waals surface area contributed by atoms with Crippen molar-refractivity contribution in [2.45, 2.75) is 52.1 Å². The summed E-state index contributed by atoms with van der Waals surface area (Å²) in [6.07, 6.45) is 3.53. The number of piperazine rings is 1. The summed E-state index contributed by atoms with van der Waals surface area (Å²) in [6, 6.07) is 6.85. The molecule has 1 saturated carbocycles. The number of nitrogens with one attached hydrogen (secondary N) is 1. The minimum Gasteiger partial charge on any atom is -0.369 e. The van der Waals surface area contributed by atoms with E-state index in [9.17, 15) is 14.9 Å². The standard InChI is InChI=1S/C21H32N4O3/c1-15-5-4-6-20(16(15)2)22-21(26)17(3)23-11-13-24(14-12-23)18-7-9-19(10-8-18)25(27)28/h7-10,15-17,20H,4-6,11-14H2,1-3H3,(H,22,26)/t15-,16+,17+,20-/m0/s1. The van der Waals surface area contributed by atoms with Crippen LogP contribution in [0.25, 0.3) is 0 Å². The minimum atomic E-state index is -0.379. The van der Waals surface area contributed by atoms with E-state index < -0.39 is 0 Å². The lowest BCUT2D eigenvalue weighted by Crippen LogP contribution is -2.56. The van der Waals surface area contributed by atoms with Crippen LogP contribution in [0.4, 0.5) is 11.4 Å². The molecule has 7 heteroatoms. The summed E-state index contributed by atoms with van der Waals surface area (Å²) >= 11 is 0. The van der Waals surface area contributed by atoms with Crippen LogP contribution in [-0.2, 0) is 4.79 Å². The number of rotatable bonds is 5. The smallest absolute Gasteiger partial charge is 0.269 e. The van der Waals surface area contributed by atoms with Crippen LogP contribution < -0.4 is 10.2 Å². The summed E-state index contributed by atoms with van der Waals surface area (Å²) < 4.78 is 0. The summed E-state index contributed by atoms with van der Waals surface area (Å²) in [5.41, 5.74) is 1.10. The van der Waals surface area contributed by atoms with Crippen molar-refractivity contribution in [3.05, 3.63) is 34.4 Å². The summed E-state index contributed by atoms with van der Waals surface area (Å²) in [6.45, 7) is 9.77. The zero-order valence-electron chi connectivity index (χ0n) is 17.1. The number of carbonyl (C=O) groups excluding carboxylic acids is 1. The van der Waals surface area contributed by atoms with Gasteiger partial charge < -0.3 is 10.2 Å². The third-order valence-corrected chi connectivity index (χ3v) is 6.70. The van der Waals surface area contributed by atoms with Gasteiger partial charge in [0.2, 0.25) is 5.91 Å². The van der Waals surface area contributed by atoms with E-state index in [1.807, 2.05) is 6.92 Å². The van der Waals surface area contributed by atoms with Crippen LogP contribution in [-0.4, -0.2) is 54.0 Å². The molecule has 0 bridgehead atoms. The maximum Gasteiger partial charge on any atom is 0.269 e. The Morgan fingerprint density at radius 1 is 1.14 bits per heavy atom. The SMILES string of the molecule is C[C@H]1[C@@H](NC(=O)[C@@H](C)N2CCN(c3ccc([N+](=O)[O-])cc3)CC2)CCC[C@@H]1C. The Balaban J connectivity index is 1.51. The average Bonchev–Trinajstić information content (AvgIpc) is 2.71. The van der Waals surface area contributed by atoms with Gasteiger partial charge in [-0.3, -0.25) is 19.8 Å². The predicted octanol–water partition coefficient (Wildman–Crippen LogP) is 3.05. The Morgan fingerprint density at radius 3 is 2.39 bits per heavy atom. The van der Waals surface area contributed by atoms with Crippen molar-refractivity contribution >= 4 is 17.3 Å². The number of benzene rings is 1. The van der Waals surface area contributed by atoms with Gasteiger partial charge >= 0.3 is 0 Å². The van der Waals surface area contributed by atoms with Crippen LogP contribution in [0, 0.1) is 22.0 Å². The first-order chi connectivity index (χ1) is 13.4. The fourth-order valence-corrected chi connectivity index (χ4v) is 4.41.